The lowest BCUT2D eigenvalue weighted by Crippen LogP contribution is -2.52. The molecule has 1 unspecified atom stereocenters. The van der Waals surface area contributed by atoms with Gasteiger partial charge in [0.2, 0.25) is 5.91 Å². The minimum absolute atomic E-state index is 0.0896. The standard InChI is InChI=1S/C105H70N2O3S/c1-4-6-8-10-18-22-32-109-42-36-41(43(110-33-23-19-11-9-7-5-2)35-39(42)29-26-38-27-30-40(31-28-38)106-44(108)25-21-17-15-13-12-14-16-20-24-34-111)103-105-101-95-89-79-67-59-51-47-45-46-49-53(51)61(67)71-65-57(49)58-50(46)54-52-48(45)56-55(47)63-69(59)77-83-73(63)74-64(56)70-60(52)68-62(54)72-66(58)76-75(65)87(81(71)89)97(101)98-88(76)82(72)90-80(68)86-78(70)84(74)92-91(83)99(93(95)85(77)79)104(105,37-107(103)3)100(92)94(86)96(90)102(98)105/h27-28,30-31,35-36,103,111H,4-25,32-34,37H2,1-3H3,(H,106,108). The molecular weight excluding hydrogens is 1370 g/mol. The monoisotopic (exact) mass is 1440 g/mol. The van der Waals surface area contributed by atoms with E-state index < -0.39 is 10.8 Å². The lowest BCUT2D eigenvalue weighted by Gasteiger charge is -2.52. The van der Waals surface area contributed by atoms with Crippen LogP contribution in [-0.2, 0) is 15.6 Å². The number of amides is 1. The number of nitrogens with one attached hydrogen (secondary N) is 1. The third kappa shape index (κ3) is 4.79. The number of carbonyl (C=O) groups is 1. The highest BCUT2D eigenvalue weighted by atomic mass is 32.1. The van der Waals surface area contributed by atoms with Gasteiger partial charge in [0.25, 0.3) is 0 Å². The van der Waals surface area contributed by atoms with Gasteiger partial charge >= 0.3 is 0 Å². The molecule has 1 amide bonds. The van der Waals surface area contributed by atoms with E-state index in [4.69, 9.17) is 9.47 Å². The third-order valence-corrected chi connectivity index (χ3v) is 34.2. The second kappa shape index (κ2) is 17.0. The molecule has 1 atom stereocenters. The Balaban J connectivity index is 0.665. The summed E-state index contributed by atoms with van der Waals surface area (Å²) in [5.41, 5.74) is 9.66. The topological polar surface area (TPSA) is 50.8 Å². The van der Waals surface area contributed by atoms with Crippen molar-refractivity contribution in [2.45, 2.75) is 172 Å². The number of ether oxygens (including phenoxy) is 2. The summed E-state index contributed by atoms with van der Waals surface area (Å²) in [4.78, 5) is 16.4. The molecule has 0 saturated carbocycles. The van der Waals surface area contributed by atoms with Crippen LogP contribution in [0.5, 0.6) is 11.5 Å². The molecule has 524 valence electrons. The fraction of sp³-hybridized carbons (Fsp3) is 0.305. The summed E-state index contributed by atoms with van der Waals surface area (Å²) < 4.78 is 15.4. The fourth-order valence-electron chi connectivity index (χ4n) is 31.4. The second-order valence-corrected chi connectivity index (χ2v) is 38.4. The van der Waals surface area contributed by atoms with Gasteiger partial charge in [0.15, 0.2) is 0 Å². The van der Waals surface area contributed by atoms with E-state index in [1.54, 1.807) is 313 Å². The first-order chi connectivity index (χ1) is 55.0. The molecule has 6 heteroatoms. The molecule has 0 aromatic heterocycles. The van der Waals surface area contributed by atoms with Crippen LogP contribution < -0.4 is 14.8 Å². The van der Waals surface area contributed by atoms with Gasteiger partial charge in [-0.3, -0.25) is 9.69 Å². The maximum atomic E-state index is 13.4. The summed E-state index contributed by atoms with van der Waals surface area (Å²) in [5, 5.41) is 91.4. The van der Waals surface area contributed by atoms with Gasteiger partial charge in [-0.25, -0.2) is 0 Å². The summed E-state index contributed by atoms with van der Waals surface area (Å²) in [6, 6.07) is 13.1. The molecule has 30 aromatic carbocycles. The van der Waals surface area contributed by atoms with Crippen molar-refractivity contribution in [1.82, 2.24) is 4.90 Å². The van der Waals surface area contributed by atoms with Gasteiger partial charge in [0.1, 0.15) is 11.5 Å². The van der Waals surface area contributed by atoms with Gasteiger partial charge in [-0.05, 0) is 388 Å². The van der Waals surface area contributed by atoms with Crippen molar-refractivity contribution in [2.24, 2.45) is 0 Å². The van der Waals surface area contributed by atoms with Crippen LogP contribution in [0, 0.1) is 11.8 Å². The number of likely N-dealkylation sites (N-methyl/N-ethyl adjacent to an activating group) is 1. The molecular formula is C105H70N2O3S. The molecule has 1 saturated heterocycles. The van der Waals surface area contributed by atoms with Crippen molar-refractivity contribution in [1.29, 1.82) is 0 Å². The summed E-state index contributed by atoms with van der Waals surface area (Å²) in [7, 11) is 2.58. The Morgan fingerprint density at radius 3 is 1.01 bits per heavy atom. The van der Waals surface area contributed by atoms with E-state index in [0.717, 1.165) is 79.1 Å². The summed E-state index contributed by atoms with van der Waals surface area (Å²) in [5.74, 6) is 10.5. The molecule has 111 heavy (non-hydrogen) atoms. The number of thiol groups is 1. The van der Waals surface area contributed by atoms with E-state index in [0.29, 0.717) is 19.6 Å². The second-order valence-electron chi connectivity index (χ2n) is 37.9. The van der Waals surface area contributed by atoms with Gasteiger partial charge in [-0.15, -0.1) is 0 Å². The zero-order valence-electron chi connectivity index (χ0n) is 62.5. The maximum Gasteiger partial charge on any atom is 0.224 e. The largest absolute Gasteiger partial charge is 0.493 e. The highest BCUT2D eigenvalue weighted by molar-refractivity contribution is 7.80. The number of likely N-dealkylation sites (tertiary alicyclic amines) is 1. The van der Waals surface area contributed by atoms with Gasteiger partial charge in [-0.1, -0.05) is 135 Å². The average molecular weight is 1440 g/mol. The number of rotatable bonds is 29. The predicted molar refractivity (Wildman–Crippen MR) is 475 cm³/mol. The fourth-order valence-corrected chi connectivity index (χ4v) is 31.6. The van der Waals surface area contributed by atoms with Crippen LogP contribution in [0.2, 0.25) is 0 Å². The van der Waals surface area contributed by atoms with E-state index >= 15 is 0 Å². The van der Waals surface area contributed by atoms with Crippen molar-refractivity contribution in [3.63, 3.8) is 0 Å². The van der Waals surface area contributed by atoms with Gasteiger partial charge in [0.05, 0.1) is 35.6 Å². The molecule has 1 fully saturated rings. The van der Waals surface area contributed by atoms with E-state index in [9.17, 15) is 4.79 Å². The molecule has 1 aliphatic heterocycles. The van der Waals surface area contributed by atoms with Crippen LogP contribution in [0.4, 0.5) is 5.69 Å². The number of hydrogen-bond donors (Lipinski definition) is 2. The molecule has 35 rings (SSSR count). The zero-order valence-corrected chi connectivity index (χ0v) is 63.4. The molecule has 0 bridgehead atoms. The Kier molecular flexibility index (Phi) is 8.57. The van der Waals surface area contributed by atoms with E-state index in [-0.39, 0.29) is 11.9 Å². The third-order valence-electron chi connectivity index (χ3n) is 33.9. The Morgan fingerprint density at radius 1 is 0.369 bits per heavy atom. The molecule has 5 nitrogen and oxygen atoms in total. The van der Waals surface area contributed by atoms with Crippen molar-refractivity contribution in [3.8, 4) is 23.3 Å². The number of anilines is 1. The minimum atomic E-state index is -0.572. The lowest BCUT2D eigenvalue weighted by atomic mass is 9.47. The first-order valence-electron chi connectivity index (χ1n) is 43.5. The van der Waals surface area contributed by atoms with Gasteiger partial charge in [-0.2, -0.15) is 12.6 Å². The number of nitrogens with zero attached hydrogens (tertiary/aromatic N) is 1. The SMILES string of the molecule is CCCCCCCCOc1cc(C2N(C)CC34c5c6c7c8c9c%10c(c%11c%12c3c3c5c5c%13c6c6c7c7c9c9c%14c%10c%10c%11c%11c%12c%12c3c3c5c5c%13c%13c6c6c7c9c7c9c%14c%10c%10c%11c%11c%12c3c3c5c5c%13c6c7c6c9c%10c%11c3c56)C824)c(OCCCCCCCC)cc1C#Cc1ccc(NC(=O)CCCCCCCCCCCS)cc1. The quantitative estimate of drug-likeness (QED) is 0.0212. The Morgan fingerprint density at radius 2 is 0.667 bits per heavy atom. The highest BCUT2D eigenvalue weighted by Crippen LogP contribution is 2.87. The van der Waals surface area contributed by atoms with E-state index in [1.807, 2.05) is 12.1 Å². The van der Waals surface area contributed by atoms with Gasteiger partial charge in [0, 0.05) is 29.8 Å². The molecule has 4 aliphatic carbocycles. The maximum absolute atomic E-state index is 13.4. The van der Waals surface area contributed by atoms with E-state index in [2.05, 4.69) is 79.8 Å². The Hall–Kier alpha value is -10.2. The molecule has 2 spiro atoms. The first kappa shape index (κ1) is 56.1. The first-order valence-corrected chi connectivity index (χ1v) is 44.1. The van der Waals surface area contributed by atoms with Crippen molar-refractivity contribution >= 4 is 315 Å². The van der Waals surface area contributed by atoms with Crippen LogP contribution in [-0.4, -0.2) is 43.4 Å². The molecule has 1 N–H and O–H groups in total. The number of benzene rings is 20. The number of hydrogen-bond acceptors (Lipinski definition) is 5. The normalized spacial score (nSPS) is 19.2. The minimum Gasteiger partial charge on any atom is -0.493 e. The highest BCUT2D eigenvalue weighted by Gasteiger charge is 2.76. The van der Waals surface area contributed by atoms with Crippen LogP contribution in [0.25, 0.3) is 291 Å². The average Bonchev–Trinajstić information content (AvgIpc) is 1.38. The van der Waals surface area contributed by atoms with Crippen molar-refractivity contribution in [3.05, 3.63) is 75.3 Å². The van der Waals surface area contributed by atoms with Crippen LogP contribution in [0.15, 0.2) is 36.4 Å². The van der Waals surface area contributed by atoms with Crippen LogP contribution >= 0.6 is 12.6 Å². The zero-order chi connectivity index (χ0) is 70.8. The summed E-state index contributed by atoms with van der Waals surface area (Å²) in [6.45, 7) is 6.84. The molecule has 30 aromatic rings. The van der Waals surface area contributed by atoms with Gasteiger partial charge < -0.3 is 14.8 Å². The number of unbranched alkanes of at least 4 members (excludes halogenated alkanes) is 18. The predicted octanol–water partition coefficient (Wildman–Crippen LogP) is 28.6. The number of carbonyl (C=O) groups excluding carboxylic acids is 1. The smallest absolute Gasteiger partial charge is 0.224 e. The van der Waals surface area contributed by atoms with E-state index in [1.165, 1.54) is 102 Å². The molecule has 5 aliphatic rings. The summed E-state index contributed by atoms with van der Waals surface area (Å²) >= 11 is 4.38. The van der Waals surface area contributed by atoms with Crippen molar-refractivity contribution in [2.75, 3.05) is 37.9 Å². The lowest BCUT2D eigenvalue weighted by molar-refractivity contribution is -0.116. The molecule has 0 radical (unpaired) electrons. The van der Waals surface area contributed by atoms with Crippen molar-refractivity contribution < 1.29 is 14.3 Å². The Labute approximate surface area is 638 Å². The Bertz CT molecular complexity index is 8690. The molecule has 1 heterocycles. The van der Waals surface area contributed by atoms with Crippen LogP contribution in [0.1, 0.15) is 200 Å². The summed E-state index contributed by atoms with van der Waals surface area (Å²) in [6.07, 6.45) is 25.7. The van der Waals surface area contributed by atoms with Crippen LogP contribution in [0.3, 0.4) is 0 Å².